The Hall–Kier alpha value is -4.53. The summed E-state index contributed by atoms with van der Waals surface area (Å²) in [6, 6.07) is 11.1. The fourth-order valence-corrected chi connectivity index (χ4v) is 7.27. The zero-order valence-corrected chi connectivity index (χ0v) is 32.7. The number of hydrogen-bond acceptors (Lipinski definition) is 10. The lowest BCUT2D eigenvalue weighted by atomic mass is 9.70. The van der Waals surface area contributed by atoms with Crippen LogP contribution in [-0.4, -0.2) is 77.5 Å². The van der Waals surface area contributed by atoms with E-state index in [2.05, 4.69) is 51.7 Å². The second-order valence-corrected chi connectivity index (χ2v) is 16.0. The summed E-state index contributed by atoms with van der Waals surface area (Å²) in [7, 11) is 0. The number of carbonyl (C=O) groups excluding carboxylic acids is 2. The summed E-state index contributed by atoms with van der Waals surface area (Å²) in [6.07, 6.45) is -1.13. The number of carbonyl (C=O) groups is 2. The highest BCUT2D eigenvalue weighted by Gasteiger charge is 2.33. The first-order valence-corrected chi connectivity index (χ1v) is 19.1. The quantitative estimate of drug-likeness (QED) is 0.231. The first kappa shape index (κ1) is 41.6. The van der Waals surface area contributed by atoms with E-state index in [0.717, 1.165) is 18.4 Å². The number of rotatable bonds is 5. The molecule has 1 unspecified atom stereocenters. The molecule has 0 radical (unpaired) electrons. The SMILES string of the molecule is CC1CC[C@@H](C(C)C)[C@H](COC(=O)N2CCCOc3ccc(cc3Cl)CNc3nc(nc(OCC(F)(F)F)n3)Nc3ccc(cc3)C(=O)NCC(C)(C)C2)C1. The van der Waals surface area contributed by atoms with Crippen molar-refractivity contribution in [3.63, 3.8) is 0 Å². The molecule has 5 aliphatic rings. The topological polar surface area (TPSA) is 140 Å². The molecule has 55 heavy (non-hydrogen) atoms. The summed E-state index contributed by atoms with van der Waals surface area (Å²) in [5, 5.41) is 9.23. The van der Waals surface area contributed by atoms with Gasteiger partial charge in [0, 0.05) is 37.4 Å². The third-order valence-corrected chi connectivity index (χ3v) is 10.1. The first-order valence-electron chi connectivity index (χ1n) is 18.7. The van der Waals surface area contributed by atoms with E-state index in [9.17, 15) is 22.8 Å². The smallest absolute Gasteiger partial charge is 0.422 e. The Bertz CT molecular complexity index is 1760. The largest absolute Gasteiger partial charge is 0.492 e. The lowest BCUT2D eigenvalue weighted by Gasteiger charge is -2.38. The highest BCUT2D eigenvalue weighted by atomic mass is 35.5. The average molecular weight is 790 g/mol. The average Bonchev–Trinajstić information content (AvgIpc) is 3.12. The van der Waals surface area contributed by atoms with E-state index in [1.807, 2.05) is 13.8 Å². The molecule has 5 heterocycles. The van der Waals surface area contributed by atoms with E-state index in [4.69, 9.17) is 25.8 Å². The van der Waals surface area contributed by atoms with Crippen LogP contribution in [0.25, 0.3) is 0 Å². The number of benzene rings is 2. The van der Waals surface area contributed by atoms with E-state index in [1.165, 1.54) is 6.42 Å². The van der Waals surface area contributed by atoms with Crippen LogP contribution in [0.15, 0.2) is 42.5 Å². The molecule has 1 aliphatic carbocycles. The molecule has 0 saturated heterocycles. The van der Waals surface area contributed by atoms with Gasteiger partial charge in [-0.3, -0.25) is 4.79 Å². The predicted molar refractivity (Wildman–Crippen MR) is 204 cm³/mol. The van der Waals surface area contributed by atoms with E-state index < -0.39 is 24.2 Å². The molecule has 12 nitrogen and oxygen atoms in total. The van der Waals surface area contributed by atoms with Gasteiger partial charge in [0.2, 0.25) is 11.9 Å². The molecule has 3 aromatic rings. The van der Waals surface area contributed by atoms with Crippen molar-refractivity contribution in [2.75, 3.05) is 50.1 Å². The summed E-state index contributed by atoms with van der Waals surface area (Å²) in [6.45, 7) is 10.9. The molecule has 1 saturated carbocycles. The molecule has 3 N–H and O–H groups in total. The van der Waals surface area contributed by atoms with Gasteiger partial charge in [-0.25, -0.2) is 4.79 Å². The normalized spacial score (nSPS) is 21.1. The maximum absolute atomic E-state index is 13.7. The summed E-state index contributed by atoms with van der Waals surface area (Å²) < 4.78 is 55.6. The number of alkyl halides is 3. The molecule has 3 atom stereocenters. The molecule has 2 aromatic carbocycles. The summed E-state index contributed by atoms with van der Waals surface area (Å²) in [5.74, 6) is 1.92. The van der Waals surface area contributed by atoms with Gasteiger partial charge in [-0.2, -0.15) is 28.1 Å². The predicted octanol–water partition coefficient (Wildman–Crippen LogP) is 8.51. The minimum atomic E-state index is -4.60. The number of amides is 2. The van der Waals surface area contributed by atoms with Crippen molar-refractivity contribution in [1.82, 2.24) is 25.2 Å². The number of halogens is 4. The van der Waals surface area contributed by atoms with Crippen molar-refractivity contribution in [3.05, 3.63) is 58.6 Å². The Morgan fingerprint density at radius 1 is 1.07 bits per heavy atom. The van der Waals surface area contributed by atoms with Gasteiger partial charge < -0.3 is 35.1 Å². The molecule has 8 rings (SSSR count). The van der Waals surface area contributed by atoms with Gasteiger partial charge in [-0.1, -0.05) is 58.7 Å². The third-order valence-electron chi connectivity index (χ3n) is 9.85. The van der Waals surface area contributed by atoms with E-state index in [-0.39, 0.29) is 43.6 Å². The van der Waals surface area contributed by atoms with Crippen LogP contribution in [-0.2, 0) is 11.3 Å². The van der Waals surface area contributed by atoms with Crippen LogP contribution in [0.3, 0.4) is 0 Å². The number of hydrogen-bond donors (Lipinski definition) is 3. The van der Waals surface area contributed by atoms with Crippen LogP contribution in [0.5, 0.6) is 11.8 Å². The highest BCUT2D eigenvalue weighted by molar-refractivity contribution is 6.32. The minimum absolute atomic E-state index is 0.0460. The second kappa shape index (κ2) is 18.4. The highest BCUT2D eigenvalue weighted by Crippen LogP contribution is 2.38. The van der Waals surface area contributed by atoms with Crippen molar-refractivity contribution in [2.45, 2.75) is 73.0 Å². The Morgan fingerprint density at radius 3 is 2.53 bits per heavy atom. The molecule has 4 aliphatic heterocycles. The first-order chi connectivity index (χ1) is 26.0. The zero-order valence-electron chi connectivity index (χ0n) is 32.0. The maximum Gasteiger partial charge on any atom is 0.422 e. The van der Waals surface area contributed by atoms with Crippen molar-refractivity contribution >= 4 is 41.2 Å². The zero-order chi connectivity index (χ0) is 39.8. The fraction of sp³-hybridized carbons (Fsp3) is 0.564. The van der Waals surface area contributed by atoms with E-state index in [1.54, 1.807) is 47.4 Å². The molecular weight excluding hydrogens is 739 g/mol. The van der Waals surface area contributed by atoms with Crippen LogP contribution in [0.1, 0.15) is 76.2 Å². The molecule has 2 amide bonds. The lowest BCUT2D eigenvalue weighted by Crippen LogP contribution is -2.45. The van der Waals surface area contributed by atoms with Crippen LogP contribution in [0, 0.1) is 29.1 Å². The molecule has 300 valence electrons. The van der Waals surface area contributed by atoms with Crippen LogP contribution in [0.4, 0.5) is 35.5 Å². The molecule has 16 heteroatoms. The van der Waals surface area contributed by atoms with Gasteiger partial charge in [0.1, 0.15) is 5.75 Å². The molecule has 1 fully saturated rings. The Balaban J connectivity index is 1.34. The van der Waals surface area contributed by atoms with Gasteiger partial charge in [0.05, 0.1) is 18.2 Å². The molecule has 6 bridgehead atoms. The number of aromatic nitrogens is 3. The van der Waals surface area contributed by atoms with Gasteiger partial charge in [-0.05, 0) is 90.3 Å². The van der Waals surface area contributed by atoms with Crippen molar-refractivity contribution in [1.29, 1.82) is 0 Å². The summed E-state index contributed by atoms with van der Waals surface area (Å²) in [5.41, 5.74) is 1.03. The lowest BCUT2D eigenvalue weighted by molar-refractivity contribution is -0.154. The number of anilines is 3. The number of ether oxygens (including phenoxy) is 3. The standard InChI is InChI=1S/C39H51ClF3N7O5/c1-24(2)30-13-7-25(3)17-28(30)20-54-37(52)50-15-6-16-53-32-14-8-26(18-31(32)40)19-44-34-47-35(49-36(48-34)55-23-39(41,42)43)46-29-11-9-27(10-12-29)33(51)45-21-38(4,5)22-50/h8-12,14,18,24-25,28,30H,6-7,13,15-17,19-23H2,1-5H3,(H,45,51)(H2,44,46,47,48,49)/t25?,28-,30-/m0/s1. The van der Waals surface area contributed by atoms with E-state index >= 15 is 0 Å². The molecular formula is C39H51ClF3N7O5. The third kappa shape index (κ3) is 12.8. The monoisotopic (exact) mass is 789 g/mol. The van der Waals surface area contributed by atoms with Crippen LogP contribution < -0.4 is 25.4 Å². The van der Waals surface area contributed by atoms with Gasteiger partial charge in [-0.15, -0.1) is 0 Å². The number of nitrogens with one attached hydrogen (secondary N) is 3. The fourth-order valence-electron chi connectivity index (χ4n) is 7.02. The van der Waals surface area contributed by atoms with Crippen LogP contribution >= 0.6 is 11.6 Å². The number of nitrogens with zero attached hydrogens (tertiary/aromatic N) is 4. The van der Waals surface area contributed by atoms with Crippen molar-refractivity contribution in [3.8, 4) is 11.8 Å². The van der Waals surface area contributed by atoms with Crippen molar-refractivity contribution in [2.24, 2.45) is 29.1 Å². The second-order valence-electron chi connectivity index (χ2n) is 15.6. The van der Waals surface area contributed by atoms with Crippen molar-refractivity contribution < 1.29 is 37.0 Å². The minimum Gasteiger partial charge on any atom is -0.492 e. The van der Waals surface area contributed by atoms with Gasteiger partial charge in [0.15, 0.2) is 6.61 Å². The van der Waals surface area contributed by atoms with Crippen LogP contribution in [0.2, 0.25) is 5.02 Å². The van der Waals surface area contributed by atoms with Gasteiger partial charge in [0.25, 0.3) is 5.91 Å². The summed E-state index contributed by atoms with van der Waals surface area (Å²) >= 11 is 6.58. The molecule has 1 aromatic heterocycles. The molecule has 0 spiro atoms. The Morgan fingerprint density at radius 2 is 1.82 bits per heavy atom. The van der Waals surface area contributed by atoms with Gasteiger partial charge >= 0.3 is 18.3 Å². The summed E-state index contributed by atoms with van der Waals surface area (Å²) in [4.78, 5) is 40.9. The van der Waals surface area contributed by atoms with E-state index in [0.29, 0.717) is 71.8 Å². The Kier molecular flexibility index (Phi) is 13.9. The Labute approximate surface area is 325 Å². The maximum atomic E-state index is 13.7.